The van der Waals surface area contributed by atoms with Crippen molar-refractivity contribution in [3.8, 4) is 0 Å². The number of aryl methyl sites for hydroxylation is 1. The van der Waals surface area contributed by atoms with Gasteiger partial charge in [-0.2, -0.15) is 0 Å². The smallest absolute Gasteiger partial charge is 0.317 e. The highest BCUT2D eigenvalue weighted by atomic mass is 19.1. The molecule has 2 aromatic carbocycles. The fourth-order valence-corrected chi connectivity index (χ4v) is 3.22. The maximum atomic E-state index is 14.1. The van der Waals surface area contributed by atoms with Crippen molar-refractivity contribution in [2.75, 3.05) is 11.9 Å². The summed E-state index contributed by atoms with van der Waals surface area (Å²) in [5.74, 6) is -0.244. The Labute approximate surface area is 136 Å². The van der Waals surface area contributed by atoms with E-state index in [2.05, 4.69) is 12.2 Å². The number of anilines is 1. The number of carbonyl (C=O) groups is 1. The van der Waals surface area contributed by atoms with Crippen molar-refractivity contribution in [2.45, 2.75) is 32.2 Å². The molecule has 0 radical (unpaired) electrons. The van der Waals surface area contributed by atoms with E-state index in [1.54, 1.807) is 17.0 Å². The van der Waals surface area contributed by atoms with Crippen molar-refractivity contribution in [3.05, 3.63) is 65.5 Å². The Bertz CT molecular complexity index is 701. The zero-order valence-electron chi connectivity index (χ0n) is 13.3. The number of nitrogens with one attached hydrogen (secondary N) is 1. The first-order chi connectivity index (χ1) is 11.2. The van der Waals surface area contributed by atoms with E-state index in [1.807, 2.05) is 30.3 Å². The van der Waals surface area contributed by atoms with Gasteiger partial charge in [0.25, 0.3) is 0 Å². The lowest BCUT2D eigenvalue weighted by Gasteiger charge is -2.26. The van der Waals surface area contributed by atoms with Crippen LogP contribution in [0, 0.1) is 5.82 Å². The van der Waals surface area contributed by atoms with Crippen LogP contribution in [0.5, 0.6) is 0 Å². The Kier molecular flexibility index (Phi) is 4.60. The highest BCUT2D eigenvalue weighted by Crippen LogP contribution is 2.33. The summed E-state index contributed by atoms with van der Waals surface area (Å²) in [4.78, 5) is 14.4. The highest BCUT2D eigenvalue weighted by molar-refractivity contribution is 5.90. The summed E-state index contributed by atoms with van der Waals surface area (Å²) in [5, 5.41) is 2.99. The largest absolute Gasteiger partial charge is 0.322 e. The quantitative estimate of drug-likeness (QED) is 0.871. The third-order valence-electron chi connectivity index (χ3n) is 4.42. The Morgan fingerprint density at radius 3 is 2.74 bits per heavy atom. The number of hydrogen-bond donors (Lipinski definition) is 1. The molecule has 1 aliphatic rings. The molecule has 0 bridgehead atoms. The van der Waals surface area contributed by atoms with Gasteiger partial charge >= 0.3 is 6.03 Å². The van der Waals surface area contributed by atoms with Crippen molar-refractivity contribution in [2.24, 2.45) is 0 Å². The van der Waals surface area contributed by atoms with Crippen LogP contribution in [0.3, 0.4) is 0 Å². The van der Waals surface area contributed by atoms with Gasteiger partial charge in [-0.1, -0.05) is 43.3 Å². The molecule has 120 valence electrons. The Hall–Kier alpha value is -2.36. The number of benzene rings is 2. The Morgan fingerprint density at radius 2 is 1.96 bits per heavy atom. The molecule has 1 saturated heterocycles. The second-order valence-electron chi connectivity index (χ2n) is 5.81. The molecule has 2 amide bonds. The highest BCUT2D eigenvalue weighted by Gasteiger charge is 2.31. The third-order valence-corrected chi connectivity index (χ3v) is 4.42. The van der Waals surface area contributed by atoms with Crippen LogP contribution in [0.1, 0.15) is 36.9 Å². The van der Waals surface area contributed by atoms with E-state index in [9.17, 15) is 9.18 Å². The summed E-state index contributed by atoms with van der Waals surface area (Å²) in [6.45, 7) is 2.71. The van der Waals surface area contributed by atoms with Crippen LogP contribution in [0.2, 0.25) is 0 Å². The van der Waals surface area contributed by atoms with Crippen LogP contribution in [0.15, 0.2) is 48.5 Å². The lowest BCUT2D eigenvalue weighted by atomic mass is 10.0. The topological polar surface area (TPSA) is 32.3 Å². The molecule has 0 saturated carbocycles. The molecule has 3 nitrogen and oxygen atoms in total. The number of urea groups is 1. The summed E-state index contributed by atoms with van der Waals surface area (Å²) in [5.41, 5.74) is 2.53. The van der Waals surface area contributed by atoms with E-state index in [0.717, 1.165) is 30.5 Å². The van der Waals surface area contributed by atoms with Crippen molar-refractivity contribution >= 4 is 11.7 Å². The fourth-order valence-electron chi connectivity index (χ4n) is 3.22. The standard InChI is InChI=1S/C19H21FN2O/c1-2-14-8-3-6-11-17(14)21-19(23)22-13-7-12-18(22)15-9-4-5-10-16(15)20/h3-6,8-11,18H,2,7,12-13H2,1H3,(H,21,23). The number of carbonyl (C=O) groups excluding carboxylic acids is 1. The van der Waals surface area contributed by atoms with Gasteiger partial charge < -0.3 is 10.2 Å². The zero-order chi connectivity index (χ0) is 16.2. The van der Waals surface area contributed by atoms with E-state index in [4.69, 9.17) is 0 Å². The summed E-state index contributed by atoms with van der Waals surface area (Å²) in [7, 11) is 0. The zero-order valence-corrected chi connectivity index (χ0v) is 13.3. The van der Waals surface area contributed by atoms with Crippen LogP contribution in [0.25, 0.3) is 0 Å². The lowest BCUT2D eigenvalue weighted by Crippen LogP contribution is -2.35. The Balaban J connectivity index is 1.80. The lowest BCUT2D eigenvalue weighted by molar-refractivity contribution is 0.206. The number of hydrogen-bond acceptors (Lipinski definition) is 1. The molecule has 2 aromatic rings. The number of rotatable bonds is 3. The number of halogens is 1. The van der Waals surface area contributed by atoms with Gasteiger partial charge in [0.15, 0.2) is 0 Å². The van der Waals surface area contributed by atoms with Crippen LogP contribution >= 0.6 is 0 Å². The van der Waals surface area contributed by atoms with Crippen LogP contribution < -0.4 is 5.32 Å². The van der Waals surface area contributed by atoms with Gasteiger partial charge in [0, 0.05) is 17.8 Å². The van der Waals surface area contributed by atoms with E-state index in [-0.39, 0.29) is 17.9 Å². The maximum absolute atomic E-state index is 14.1. The molecular weight excluding hydrogens is 291 g/mol. The molecular formula is C19H21FN2O. The fraction of sp³-hybridized carbons (Fsp3) is 0.316. The van der Waals surface area contributed by atoms with Gasteiger partial charge in [-0.05, 0) is 37.0 Å². The maximum Gasteiger partial charge on any atom is 0.322 e. The predicted octanol–water partition coefficient (Wildman–Crippen LogP) is 4.76. The molecule has 1 heterocycles. The molecule has 3 rings (SSSR count). The average Bonchev–Trinajstić information content (AvgIpc) is 3.05. The van der Waals surface area contributed by atoms with E-state index in [0.29, 0.717) is 12.1 Å². The van der Waals surface area contributed by atoms with Crippen LogP contribution in [0.4, 0.5) is 14.9 Å². The van der Waals surface area contributed by atoms with E-state index < -0.39 is 0 Å². The van der Waals surface area contributed by atoms with Crippen molar-refractivity contribution in [1.29, 1.82) is 0 Å². The first kappa shape index (κ1) is 15.5. The molecule has 4 heteroatoms. The van der Waals surface area contributed by atoms with Gasteiger partial charge in [0.05, 0.1) is 6.04 Å². The molecule has 1 fully saturated rings. The number of nitrogens with zero attached hydrogens (tertiary/aromatic N) is 1. The van der Waals surface area contributed by atoms with Crippen molar-refractivity contribution in [3.63, 3.8) is 0 Å². The van der Waals surface area contributed by atoms with Gasteiger partial charge in [0.2, 0.25) is 0 Å². The van der Waals surface area contributed by atoms with Crippen molar-refractivity contribution < 1.29 is 9.18 Å². The molecule has 0 aliphatic carbocycles. The molecule has 23 heavy (non-hydrogen) atoms. The van der Waals surface area contributed by atoms with Crippen molar-refractivity contribution in [1.82, 2.24) is 4.90 Å². The van der Waals surface area contributed by atoms with Crippen LogP contribution in [-0.2, 0) is 6.42 Å². The van der Waals surface area contributed by atoms with Gasteiger partial charge in [-0.15, -0.1) is 0 Å². The van der Waals surface area contributed by atoms with Gasteiger partial charge in [-0.25, -0.2) is 9.18 Å². The summed E-state index contributed by atoms with van der Waals surface area (Å²) in [6, 6.07) is 14.2. The molecule has 1 atom stereocenters. The minimum Gasteiger partial charge on any atom is -0.317 e. The number of para-hydroxylation sites is 1. The third kappa shape index (κ3) is 3.21. The molecule has 0 aromatic heterocycles. The van der Waals surface area contributed by atoms with Gasteiger partial charge in [0.1, 0.15) is 5.82 Å². The second kappa shape index (κ2) is 6.82. The van der Waals surface area contributed by atoms with E-state index >= 15 is 0 Å². The minimum absolute atomic E-state index is 0.156. The second-order valence-corrected chi connectivity index (χ2v) is 5.81. The summed E-state index contributed by atoms with van der Waals surface area (Å²) < 4.78 is 14.1. The number of likely N-dealkylation sites (tertiary alicyclic amines) is 1. The molecule has 0 spiro atoms. The molecule has 1 aliphatic heterocycles. The SMILES string of the molecule is CCc1ccccc1NC(=O)N1CCCC1c1ccccc1F. The summed E-state index contributed by atoms with van der Waals surface area (Å²) >= 11 is 0. The normalized spacial score (nSPS) is 17.3. The number of amides is 2. The van der Waals surface area contributed by atoms with Gasteiger partial charge in [-0.3, -0.25) is 0 Å². The first-order valence-corrected chi connectivity index (χ1v) is 8.10. The minimum atomic E-state index is -0.244. The predicted molar refractivity (Wildman–Crippen MR) is 89.9 cm³/mol. The molecule has 1 unspecified atom stereocenters. The monoisotopic (exact) mass is 312 g/mol. The first-order valence-electron chi connectivity index (χ1n) is 8.10. The average molecular weight is 312 g/mol. The Morgan fingerprint density at radius 1 is 1.22 bits per heavy atom. The summed E-state index contributed by atoms with van der Waals surface area (Å²) in [6.07, 6.45) is 2.54. The van der Waals surface area contributed by atoms with Crippen LogP contribution in [-0.4, -0.2) is 17.5 Å². The molecule has 1 N–H and O–H groups in total. The van der Waals surface area contributed by atoms with E-state index in [1.165, 1.54) is 6.07 Å².